The zero-order valence-corrected chi connectivity index (χ0v) is 15.3. The molecule has 1 aromatic heterocycles. The lowest BCUT2D eigenvalue weighted by molar-refractivity contribution is 0.102. The molecular weight excluding hydrogens is 367 g/mol. The van der Waals surface area contributed by atoms with E-state index in [1.165, 1.54) is 28.6 Å². The van der Waals surface area contributed by atoms with Crippen molar-refractivity contribution in [3.8, 4) is 0 Å². The Kier molecular flexibility index (Phi) is 5.82. The Bertz CT molecular complexity index is 956. The number of rotatable bonds is 7. The van der Waals surface area contributed by atoms with Gasteiger partial charge in [0.15, 0.2) is 5.78 Å². The standard InChI is InChI=1S/C18H17FN6OS/c1-12(13-7-9-15(19)10-8-13)21-22-17-23-24-18(25(17)20)27-11-16(26)14-5-3-2-4-6-14/h2-10H,11,20H2,1H3,(H,22,23)/b21-12+. The average molecular weight is 384 g/mol. The van der Waals surface area contributed by atoms with Crippen molar-refractivity contribution in [3.05, 3.63) is 71.5 Å². The molecule has 3 N–H and O–H groups in total. The fourth-order valence-electron chi connectivity index (χ4n) is 2.18. The molecule has 0 spiro atoms. The zero-order valence-electron chi connectivity index (χ0n) is 14.5. The minimum Gasteiger partial charge on any atom is -0.334 e. The van der Waals surface area contributed by atoms with Gasteiger partial charge < -0.3 is 5.84 Å². The van der Waals surface area contributed by atoms with Crippen LogP contribution in [0.1, 0.15) is 22.8 Å². The quantitative estimate of drug-likeness (QED) is 0.214. The number of nitrogen functional groups attached to an aromatic ring is 1. The lowest BCUT2D eigenvalue weighted by Gasteiger charge is -2.04. The Hall–Kier alpha value is -3.20. The Balaban J connectivity index is 1.62. The third-order valence-electron chi connectivity index (χ3n) is 3.68. The predicted octanol–water partition coefficient (Wildman–Crippen LogP) is 2.94. The second-order valence-electron chi connectivity index (χ2n) is 5.57. The van der Waals surface area contributed by atoms with Crippen LogP contribution >= 0.6 is 11.8 Å². The molecule has 0 bridgehead atoms. The number of nitrogens with zero attached hydrogens (tertiary/aromatic N) is 4. The fourth-order valence-corrected chi connectivity index (χ4v) is 2.93. The van der Waals surface area contributed by atoms with Gasteiger partial charge >= 0.3 is 0 Å². The van der Waals surface area contributed by atoms with Crippen LogP contribution in [0.15, 0.2) is 64.9 Å². The van der Waals surface area contributed by atoms with E-state index in [1.807, 2.05) is 18.2 Å². The van der Waals surface area contributed by atoms with Gasteiger partial charge in [-0.25, -0.2) is 14.5 Å². The normalized spacial score (nSPS) is 11.4. The number of benzene rings is 2. The van der Waals surface area contributed by atoms with Crippen LogP contribution in [0.25, 0.3) is 0 Å². The van der Waals surface area contributed by atoms with Gasteiger partial charge in [0.25, 0.3) is 5.95 Å². The van der Waals surface area contributed by atoms with E-state index in [0.29, 0.717) is 16.4 Å². The van der Waals surface area contributed by atoms with Gasteiger partial charge in [0.2, 0.25) is 5.16 Å². The van der Waals surface area contributed by atoms with Gasteiger partial charge in [0.1, 0.15) is 5.82 Å². The van der Waals surface area contributed by atoms with Gasteiger partial charge in [-0.15, -0.1) is 10.2 Å². The molecule has 3 rings (SSSR count). The number of nitrogens with one attached hydrogen (secondary N) is 1. The summed E-state index contributed by atoms with van der Waals surface area (Å²) < 4.78 is 14.2. The Morgan fingerprint density at radius 3 is 2.56 bits per heavy atom. The summed E-state index contributed by atoms with van der Waals surface area (Å²) in [6, 6.07) is 15.0. The highest BCUT2D eigenvalue weighted by Gasteiger charge is 2.13. The van der Waals surface area contributed by atoms with Crippen molar-refractivity contribution >= 4 is 29.2 Å². The lowest BCUT2D eigenvalue weighted by atomic mass is 10.1. The Morgan fingerprint density at radius 2 is 1.85 bits per heavy atom. The molecule has 0 atom stereocenters. The maximum Gasteiger partial charge on any atom is 0.264 e. The minimum atomic E-state index is -0.312. The van der Waals surface area contributed by atoms with Crippen molar-refractivity contribution in [1.82, 2.24) is 14.9 Å². The van der Waals surface area contributed by atoms with Crippen LogP contribution in [-0.4, -0.2) is 32.1 Å². The summed E-state index contributed by atoms with van der Waals surface area (Å²) in [5, 5.41) is 12.4. The summed E-state index contributed by atoms with van der Waals surface area (Å²) >= 11 is 1.19. The highest BCUT2D eigenvalue weighted by Crippen LogP contribution is 2.18. The molecule has 27 heavy (non-hydrogen) atoms. The number of aromatic nitrogens is 3. The van der Waals surface area contributed by atoms with Gasteiger partial charge in [-0.2, -0.15) is 5.10 Å². The number of hydrogen-bond donors (Lipinski definition) is 2. The monoisotopic (exact) mass is 384 g/mol. The van der Waals surface area contributed by atoms with Gasteiger partial charge in [-0.3, -0.25) is 4.79 Å². The van der Waals surface area contributed by atoms with Gasteiger partial charge in [-0.05, 0) is 24.6 Å². The molecule has 0 radical (unpaired) electrons. The first kappa shape index (κ1) is 18.6. The molecule has 0 amide bonds. The van der Waals surface area contributed by atoms with Crippen molar-refractivity contribution in [2.45, 2.75) is 12.1 Å². The van der Waals surface area contributed by atoms with Crippen LogP contribution in [0.5, 0.6) is 0 Å². The fraction of sp³-hybridized carbons (Fsp3) is 0.111. The number of anilines is 1. The Labute approximate surface area is 159 Å². The smallest absolute Gasteiger partial charge is 0.264 e. The summed E-state index contributed by atoms with van der Waals surface area (Å²) in [5.74, 6) is 6.03. The zero-order chi connectivity index (χ0) is 19.2. The van der Waals surface area contributed by atoms with E-state index < -0.39 is 0 Å². The molecule has 7 nitrogen and oxygen atoms in total. The van der Waals surface area contributed by atoms with Crippen molar-refractivity contribution in [1.29, 1.82) is 0 Å². The van der Waals surface area contributed by atoms with E-state index in [0.717, 1.165) is 5.56 Å². The molecule has 2 aromatic carbocycles. The Morgan fingerprint density at radius 1 is 1.15 bits per heavy atom. The maximum atomic E-state index is 13.0. The van der Waals surface area contributed by atoms with Crippen molar-refractivity contribution < 1.29 is 9.18 Å². The average Bonchev–Trinajstić information content (AvgIpc) is 3.05. The minimum absolute atomic E-state index is 0.0247. The largest absolute Gasteiger partial charge is 0.334 e. The third kappa shape index (κ3) is 4.70. The molecule has 1 heterocycles. The first-order chi connectivity index (χ1) is 13.0. The molecular formula is C18H17FN6OS. The second kappa shape index (κ2) is 8.45. The molecule has 0 saturated carbocycles. The lowest BCUT2D eigenvalue weighted by Crippen LogP contribution is -2.14. The number of hydrogen-bond acceptors (Lipinski definition) is 7. The molecule has 138 valence electrons. The number of carbonyl (C=O) groups is 1. The summed E-state index contributed by atoms with van der Waals surface area (Å²) in [7, 11) is 0. The van der Waals surface area contributed by atoms with Crippen molar-refractivity contribution in [3.63, 3.8) is 0 Å². The van der Waals surface area contributed by atoms with E-state index in [4.69, 9.17) is 5.84 Å². The van der Waals surface area contributed by atoms with Crippen molar-refractivity contribution in [2.75, 3.05) is 17.0 Å². The number of carbonyl (C=O) groups excluding carboxylic acids is 1. The summed E-state index contributed by atoms with van der Waals surface area (Å²) in [4.78, 5) is 12.1. The number of thioether (sulfide) groups is 1. The molecule has 0 aliphatic heterocycles. The number of Topliss-reactive ketones (excluding diaryl/α,β-unsaturated/α-hetero) is 1. The highest BCUT2D eigenvalue weighted by molar-refractivity contribution is 7.99. The van der Waals surface area contributed by atoms with Crippen LogP contribution in [0.2, 0.25) is 0 Å². The molecule has 0 aliphatic rings. The van der Waals surface area contributed by atoms with Crippen LogP contribution in [0.3, 0.4) is 0 Å². The van der Waals surface area contributed by atoms with E-state index in [9.17, 15) is 9.18 Å². The summed E-state index contributed by atoms with van der Waals surface area (Å²) in [6.07, 6.45) is 0. The second-order valence-corrected chi connectivity index (χ2v) is 6.51. The summed E-state index contributed by atoms with van der Waals surface area (Å²) in [6.45, 7) is 1.77. The molecule has 9 heteroatoms. The summed E-state index contributed by atoms with van der Waals surface area (Å²) in [5.41, 5.74) is 4.75. The third-order valence-corrected chi connectivity index (χ3v) is 4.62. The predicted molar refractivity (Wildman–Crippen MR) is 104 cm³/mol. The molecule has 0 saturated heterocycles. The first-order valence-electron chi connectivity index (χ1n) is 8.02. The number of hydrazone groups is 1. The van der Waals surface area contributed by atoms with Gasteiger partial charge in [0, 0.05) is 5.56 Å². The molecule has 0 unspecified atom stereocenters. The number of ketones is 1. The SMILES string of the molecule is C/C(=N\Nc1nnc(SCC(=O)c2ccccc2)n1N)c1ccc(F)cc1. The van der Waals surface area contributed by atoms with Gasteiger partial charge in [-0.1, -0.05) is 54.2 Å². The first-order valence-corrected chi connectivity index (χ1v) is 9.01. The van der Waals surface area contributed by atoms with Gasteiger partial charge in [0.05, 0.1) is 11.5 Å². The van der Waals surface area contributed by atoms with E-state index >= 15 is 0 Å². The highest BCUT2D eigenvalue weighted by atomic mass is 32.2. The van der Waals surface area contributed by atoms with E-state index in [1.54, 1.807) is 31.2 Å². The molecule has 0 fully saturated rings. The van der Waals surface area contributed by atoms with Crippen LogP contribution < -0.4 is 11.3 Å². The van der Waals surface area contributed by atoms with Crippen LogP contribution in [0.4, 0.5) is 10.3 Å². The molecule has 3 aromatic rings. The number of halogens is 1. The number of nitrogens with two attached hydrogens (primary N) is 1. The van der Waals surface area contributed by atoms with Crippen LogP contribution in [0, 0.1) is 5.82 Å². The molecule has 0 aliphatic carbocycles. The van der Waals surface area contributed by atoms with Crippen LogP contribution in [-0.2, 0) is 0 Å². The topological polar surface area (TPSA) is 98.2 Å². The van der Waals surface area contributed by atoms with E-state index in [-0.39, 0.29) is 23.3 Å². The van der Waals surface area contributed by atoms with E-state index in [2.05, 4.69) is 20.7 Å². The van der Waals surface area contributed by atoms with Crippen molar-refractivity contribution in [2.24, 2.45) is 5.10 Å². The maximum absolute atomic E-state index is 13.0.